The molecule has 3 heteroatoms. The molecule has 1 unspecified atom stereocenters. The topological polar surface area (TPSA) is 64.9 Å². The summed E-state index contributed by atoms with van der Waals surface area (Å²) < 4.78 is 0. The third kappa shape index (κ3) is 3.93. The molecule has 0 bridgehead atoms. The summed E-state index contributed by atoms with van der Waals surface area (Å²) in [6, 6.07) is 14.9. The first-order chi connectivity index (χ1) is 10.6. The van der Waals surface area contributed by atoms with Gasteiger partial charge < -0.3 is 11.5 Å². The molecule has 0 saturated heterocycles. The van der Waals surface area contributed by atoms with Crippen molar-refractivity contribution in [2.45, 2.75) is 44.6 Å². The maximum Gasteiger partial charge on any atom is 0.0459 e. The van der Waals surface area contributed by atoms with Crippen LogP contribution in [0.15, 0.2) is 48.7 Å². The van der Waals surface area contributed by atoms with Gasteiger partial charge in [-0.1, -0.05) is 50.2 Å². The van der Waals surface area contributed by atoms with Gasteiger partial charge in [0, 0.05) is 29.8 Å². The molecule has 0 amide bonds. The van der Waals surface area contributed by atoms with E-state index in [0.29, 0.717) is 6.54 Å². The van der Waals surface area contributed by atoms with Crippen LogP contribution in [0.4, 0.5) is 0 Å². The summed E-state index contributed by atoms with van der Waals surface area (Å²) in [5.41, 5.74) is 15.4. The van der Waals surface area contributed by atoms with Crippen LogP contribution in [0, 0.1) is 0 Å². The van der Waals surface area contributed by atoms with Gasteiger partial charge in [-0.25, -0.2) is 0 Å². The van der Waals surface area contributed by atoms with Gasteiger partial charge in [-0.15, -0.1) is 0 Å². The molecule has 0 fully saturated rings. The first kappa shape index (κ1) is 16.7. The average Bonchev–Trinajstić information content (AvgIpc) is 2.54. The van der Waals surface area contributed by atoms with Crippen molar-refractivity contribution in [2.75, 3.05) is 6.54 Å². The van der Waals surface area contributed by atoms with E-state index in [1.807, 2.05) is 18.3 Å². The van der Waals surface area contributed by atoms with Crippen molar-refractivity contribution >= 4 is 0 Å². The molecule has 2 rings (SSSR count). The molecular weight excluding hydrogens is 270 g/mol. The summed E-state index contributed by atoms with van der Waals surface area (Å²) in [5, 5.41) is 0. The van der Waals surface area contributed by atoms with E-state index in [1.165, 1.54) is 11.1 Å². The number of hydrogen-bond donors (Lipinski definition) is 2. The smallest absolute Gasteiger partial charge is 0.0459 e. The second kappa shape index (κ2) is 7.52. The Morgan fingerprint density at radius 2 is 1.82 bits per heavy atom. The van der Waals surface area contributed by atoms with Gasteiger partial charge in [-0.05, 0) is 36.6 Å². The zero-order valence-electron chi connectivity index (χ0n) is 13.6. The lowest BCUT2D eigenvalue weighted by Gasteiger charge is -2.28. The highest BCUT2D eigenvalue weighted by Crippen LogP contribution is 2.33. The second-order valence-corrected chi connectivity index (χ2v) is 6.38. The number of hydrogen-bond acceptors (Lipinski definition) is 3. The SMILES string of the molecule is CC(C)(c1ccccc1)c1cccnc1CC(N)CCCN. The highest BCUT2D eigenvalue weighted by Gasteiger charge is 2.26. The largest absolute Gasteiger partial charge is 0.330 e. The minimum atomic E-state index is -0.0849. The van der Waals surface area contributed by atoms with Crippen molar-refractivity contribution < 1.29 is 0 Å². The van der Waals surface area contributed by atoms with Crippen LogP contribution in [0.25, 0.3) is 0 Å². The zero-order chi connectivity index (χ0) is 16.0. The van der Waals surface area contributed by atoms with Crippen LogP contribution >= 0.6 is 0 Å². The highest BCUT2D eigenvalue weighted by molar-refractivity contribution is 5.39. The predicted octanol–water partition coefficient (Wildman–Crippen LogP) is 3.02. The van der Waals surface area contributed by atoms with E-state index in [0.717, 1.165) is 25.0 Å². The van der Waals surface area contributed by atoms with E-state index in [9.17, 15) is 0 Å². The standard InChI is InChI=1S/C19H27N3/c1-19(2,15-8-4-3-5-9-15)17-11-7-13-22-18(17)14-16(21)10-6-12-20/h3-5,7-9,11,13,16H,6,10,12,14,20-21H2,1-2H3. The zero-order valence-corrected chi connectivity index (χ0v) is 13.6. The predicted molar refractivity (Wildman–Crippen MR) is 92.8 cm³/mol. The summed E-state index contributed by atoms with van der Waals surface area (Å²) in [7, 11) is 0. The van der Waals surface area contributed by atoms with Gasteiger partial charge in [-0.3, -0.25) is 4.98 Å². The molecule has 0 radical (unpaired) electrons. The molecule has 0 aliphatic rings. The van der Waals surface area contributed by atoms with E-state index in [2.05, 4.69) is 49.2 Å². The van der Waals surface area contributed by atoms with E-state index in [1.54, 1.807) is 0 Å². The number of nitrogens with two attached hydrogens (primary N) is 2. The van der Waals surface area contributed by atoms with E-state index < -0.39 is 0 Å². The number of nitrogens with zero attached hydrogens (tertiary/aromatic N) is 1. The molecule has 1 aromatic heterocycles. The fourth-order valence-electron chi connectivity index (χ4n) is 2.91. The van der Waals surface area contributed by atoms with Crippen molar-refractivity contribution in [1.29, 1.82) is 0 Å². The molecule has 0 spiro atoms. The molecule has 0 aliphatic carbocycles. The van der Waals surface area contributed by atoms with Crippen molar-refractivity contribution in [1.82, 2.24) is 4.98 Å². The third-order valence-electron chi connectivity index (χ3n) is 4.29. The van der Waals surface area contributed by atoms with Crippen molar-refractivity contribution in [3.05, 3.63) is 65.5 Å². The van der Waals surface area contributed by atoms with Gasteiger partial charge in [0.2, 0.25) is 0 Å². The first-order valence-electron chi connectivity index (χ1n) is 8.01. The Balaban J connectivity index is 2.28. The lowest BCUT2D eigenvalue weighted by Crippen LogP contribution is -2.28. The monoisotopic (exact) mass is 297 g/mol. The van der Waals surface area contributed by atoms with E-state index >= 15 is 0 Å². The minimum Gasteiger partial charge on any atom is -0.330 e. The van der Waals surface area contributed by atoms with Crippen LogP contribution in [0.1, 0.15) is 43.5 Å². The van der Waals surface area contributed by atoms with Gasteiger partial charge in [0.05, 0.1) is 0 Å². The molecule has 118 valence electrons. The fourth-order valence-corrected chi connectivity index (χ4v) is 2.91. The number of aromatic nitrogens is 1. The third-order valence-corrected chi connectivity index (χ3v) is 4.29. The lowest BCUT2D eigenvalue weighted by molar-refractivity contribution is 0.561. The second-order valence-electron chi connectivity index (χ2n) is 6.38. The Bertz CT molecular complexity index is 578. The Morgan fingerprint density at radius 3 is 2.50 bits per heavy atom. The minimum absolute atomic E-state index is 0.0849. The van der Waals surface area contributed by atoms with E-state index in [-0.39, 0.29) is 11.5 Å². The molecule has 4 N–H and O–H groups in total. The molecule has 1 atom stereocenters. The van der Waals surface area contributed by atoms with Crippen molar-refractivity contribution in [2.24, 2.45) is 11.5 Å². The summed E-state index contributed by atoms with van der Waals surface area (Å²) in [6.07, 6.45) is 4.56. The van der Waals surface area contributed by atoms with E-state index in [4.69, 9.17) is 11.5 Å². The van der Waals surface area contributed by atoms with Gasteiger partial charge in [0.15, 0.2) is 0 Å². The van der Waals surface area contributed by atoms with Crippen molar-refractivity contribution in [3.8, 4) is 0 Å². The van der Waals surface area contributed by atoms with Crippen LogP contribution in [-0.2, 0) is 11.8 Å². The van der Waals surface area contributed by atoms with Crippen LogP contribution in [-0.4, -0.2) is 17.6 Å². The quantitative estimate of drug-likeness (QED) is 0.825. The molecule has 1 aromatic carbocycles. The molecule has 2 aromatic rings. The van der Waals surface area contributed by atoms with Crippen LogP contribution in [0.5, 0.6) is 0 Å². The first-order valence-corrected chi connectivity index (χ1v) is 8.01. The van der Waals surface area contributed by atoms with Crippen LogP contribution < -0.4 is 11.5 Å². The number of rotatable bonds is 7. The van der Waals surface area contributed by atoms with Gasteiger partial charge >= 0.3 is 0 Å². The Labute approximate surface area is 133 Å². The molecule has 0 aliphatic heterocycles. The Morgan fingerprint density at radius 1 is 1.09 bits per heavy atom. The fraction of sp³-hybridized carbons (Fsp3) is 0.421. The molecule has 0 saturated carbocycles. The normalized spacial score (nSPS) is 13.1. The Hall–Kier alpha value is -1.71. The maximum absolute atomic E-state index is 6.25. The molecule has 3 nitrogen and oxygen atoms in total. The van der Waals surface area contributed by atoms with Gasteiger partial charge in [-0.2, -0.15) is 0 Å². The molecule has 1 heterocycles. The van der Waals surface area contributed by atoms with Gasteiger partial charge in [0.25, 0.3) is 0 Å². The maximum atomic E-state index is 6.25. The number of pyridine rings is 1. The van der Waals surface area contributed by atoms with Crippen molar-refractivity contribution in [3.63, 3.8) is 0 Å². The molecule has 22 heavy (non-hydrogen) atoms. The summed E-state index contributed by atoms with van der Waals surface area (Å²) in [6.45, 7) is 5.18. The summed E-state index contributed by atoms with van der Waals surface area (Å²) >= 11 is 0. The van der Waals surface area contributed by atoms with Gasteiger partial charge in [0.1, 0.15) is 0 Å². The highest BCUT2D eigenvalue weighted by atomic mass is 14.7. The lowest BCUT2D eigenvalue weighted by atomic mass is 9.76. The Kier molecular flexibility index (Phi) is 5.69. The van der Waals surface area contributed by atoms with Crippen LogP contribution in [0.3, 0.4) is 0 Å². The summed E-state index contributed by atoms with van der Waals surface area (Å²) in [4.78, 5) is 4.61. The summed E-state index contributed by atoms with van der Waals surface area (Å²) in [5.74, 6) is 0. The molecular formula is C19H27N3. The van der Waals surface area contributed by atoms with Crippen LogP contribution in [0.2, 0.25) is 0 Å². The number of benzene rings is 1. The average molecular weight is 297 g/mol.